The lowest BCUT2D eigenvalue weighted by Gasteiger charge is -2.09. The number of fused-ring (bicyclic) bond motifs is 1. The Morgan fingerprint density at radius 3 is 2.38 bits per heavy atom. The van der Waals surface area contributed by atoms with E-state index in [1.807, 2.05) is 52.0 Å². The Morgan fingerprint density at radius 2 is 1.69 bits per heavy atom. The zero-order chi connectivity index (χ0) is 18.8. The Labute approximate surface area is 157 Å². The van der Waals surface area contributed by atoms with Gasteiger partial charge in [0, 0.05) is 17.2 Å². The third-order valence-electron chi connectivity index (χ3n) is 4.48. The molecule has 26 heavy (non-hydrogen) atoms. The van der Waals surface area contributed by atoms with Crippen LogP contribution in [0.5, 0.6) is 0 Å². The van der Waals surface area contributed by atoms with E-state index in [1.54, 1.807) is 0 Å². The maximum atomic E-state index is 11.9. The van der Waals surface area contributed by atoms with Crippen molar-refractivity contribution in [2.45, 2.75) is 33.4 Å². The van der Waals surface area contributed by atoms with E-state index >= 15 is 0 Å². The second-order valence-electron chi connectivity index (χ2n) is 6.50. The topological polar surface area (TPSA) is 68.6 Å². The molecule has 1 aromatic heterocycles. The van der Waals surface area contributed by atoms with E-state index in [-0.39, 0.29) is 5.63 Å². The van der Waals surface area contributed by atoms with Crippen LogP contribution in [0.4, 0.5) is 5.69 Å². The lowest BCUT2D eigenvalue weighted by molar-refractivity contribution is 0.559. The Bertz CT molecular complexity index is 1050. The number of hydrogen-bond donors (Lipinski definition) is 1. The average molecular weight is 366 g/mol. The number of benzene rings is 2. The summed E-state index contributed by atoms with van der Waals surface area (Å²) < 4.78 is 5.35. The highest BCUT2D eigenvalue weighted by atomic mass is 32.2. The molecule has 1 heterocycles. The van der Waals surface area contributed by atoms with E-state index in [0.717, 1.165) is 38.9 Å². The quantitative estimate of drug-likeness (QED) is 0.406. The maximum Gasteiger partial charge on any atom is 0.336 e. The normalized spacial score (nSPS) is 11.9. The molecular formula is C21H22N2O2S. The summed E-state index contributed by atoms with van der Waals surface area (Å²) in [6.45, 7) is 8.09. The van der Waals surface area contributed by atoms with Gasteiger partial charge in [0.1, 0.15) is 5.58 Å². The van der Waals surface area contributed by atoms with Gasteiger partial charge in [0.2, 0.25) is 0 Å². The summed E-state index contributed by atoms with van der Waals surface area (Å²) in [5, 5.41) is 1.42. The number of hydrogen-bond acceptors (Lipinski definition) is 4. The minimum absolute atomic E-state index is 0.346. The van der Waals surface area contributed by atoms with Crippen LogP contribution in [0, 0.1) is 27.7 Å². The van der Waals surface area contributed by atoms with Gasteiger partial charge in [-0.1, -0.05) is 30.0 Å². The molecule has 0 aliphatic carbocycles. The number of aliphatic imine (C=N–C) groups is 1. The summed E-state index contributed by atoms with van der Waals surface area (Å²) in [7, 11) is 0. The SMILES string of the molecule is Cc1cc2oc(=O)cc(CSC(N)=Nc3c(C)cccc3C)c2cc1C. The molecule has 0 atom stereocenters. The van der Waals surface area contributed by atoms with E-state index in [1.165, 1.54) is 17.8 Å². The molecule has 3 aromatic rings. The lowest BCUT2D eigenvalue weighted by Crippen LogP contribution is -2.08. The Kier molecular flexibility index (Phi) is 5.18. The van der Waals surface area contributed by atoms with Crippen LogP contribution in [-0.2, 0) is 5.75 Å². The van der Waals surface area contributed by atoms with Crippen LogP contribution in [0.15, 0.2) is 50.6 Å². The third kappa shape index (κ3) is 3.83. The highest BCUT2D eigenvalue weighted by molar-refractivity contribution is 8.13. The number of nitrogens with zero attached hydrogens (tertiary/aromatic N) is 1. The van der Waals surface area contributed by atoms with Gasteiger partial charge in [-0.05, 0) is 67.6 Å². The molecule has 2 aromatic carbocycles. The number of nitrogens with two attached hydrogens (primary N) is 1. The Hall–Kier alpha value is -2.53. The molecule has 0 spiro atoms. The predicted molar refractivity (Wildman–Crippen MR) is 110 cm³/mol. The van der Waals surface area contributed by atoms with Gasteiger partial charge in [-0.15, -0.1) is 0 Å². The summed E-state index contributed by atoms with van der Waals surface area (Å²) in [4.78, 5) is 16.5. The first-order valence-electron chi connectivity index (χ1n) is 8.42. The van der Waals surface area contributed by atoms with E-state index in [4.69, 9.17) is 10.2 Å². The van der Waals surface area contributed by atoms with Crippen LogP contribution in [-0.4, -0.2) is 5.17 Å². The van der Waals surface area contributed by atoms with Crippen molar-refractivity contribution in [1.29, 1.82) is 0 Å². The van der Waals surface area contributed by atoms with Crippen LogP contribution >= 0.6 is 11.8 Å². The molecule has 0 radical (unpaired) electrons. The Morgan fingerprint density at radius 1 is 1.04 bits per heavy atom. The lowest BCUT2D eigenvalue weighted by atomic mass is 10.0. The molecule has 0 aliphatic heterocycles. The predicted octanol–water partition coefficient (Wildman–Crippen LogP) is 4.91. The first-order chi connectivity index (χ1) is 12.3. The summed E-state index contributed by atoms with van der Waals surface area (Å²) >= 11 is 1.42. The molecule has 2 N–H and O–H groups in total. The number of thioether (sulfide) groups is 1. The van der Waals surface area contributed by atoms with Crippen molar-refractivity contribution in [2.75, 3.05) is 0 Å². The first kappa shape index (κ1) is 18.3. The minimum Gasteiger partial charge on any atom is -0.423 e. The molecule has 3 rings (SSSR count). The largest absolute Gasteiger partial charge is 0.423 e. The maximum absolute atomic E-state index is 11.9. The van der Waals surface area contributed by atoms with E-state index in [0.29, 0.717) is 16.5 Å². The van der Waals surface area contributed by atoms with Gasteiger partial charge in [0.25, 0.3) is 0 Å². The average Bonchev–Trinajstić information content (AvgIpc) is 2.58. The molecule has 4 nitrogen and oxygen atoms in total. The molecule has 0 fully saturated rings. The summed E-state index contributed by atoms with van der Waals surface area (Å²) in [6.07, 6.45) is 0. The fourth-order valence-electron chi connectivity index (χ4n) is 2.88. The van der Waals surface area contributed by atoms with Crippen molar-refractivity contribution in [3.8, 4) is 0 Å². The molecule has 5 heteroatoms. The number of aryl methyl sites for hydroxylation is 4. The highest BCUT2D eigenvalue weighted by Gasteiger charge is 2.09. The molecular weight excluding hydrogens is 344 g/mol. The van der Waals surface area contributed by atoms with Crippen molar-refractivity contribution < 1.29 is 4.42 Å². The van der Waals surface area contributed by atoms with Crippen LogP contribution in [0.25, 0.3) is 11.0 Å². The van der Waals surface area contributed by atoms with Crippen LogP contribution < -0.4 is 11.4 Å². The van der Waals surface area contributed by atoms with E-state index < -0.39 is 0 Å². The first-order valence-corrected chi connectivity index (χ1v) is 9.41. The molecule has 134 valence electrons. The fourth-order valence-corrected chi connectivity index (χ4v) is 3.58. The van der Waals surface area contributed by atoms with E-state index in [2.05, 4.69) is 11.1 Å². The molecule has 0 saturated carbocycles. The summed E-state index contributed by atoms with van der Waals surface area (Å²) in [5.41, 5.74) is 12.7. The smallest absolute Gasteiger partial charge is 0.336 e. The molecule has 0 saturated heterocycles. The van der Waals surface area contributed by atoms with Gasteiger partial charge in [-0.2, -0.15) is 0 Å². The van der Waals surface area contributed by atoms with Crippen molar-refractivity contribution in [1.82, 2.24) is 0 Å². The highest BCUT2D eigenvalue weighted by Crippen LogP contribution is 2.27. The standard InChI is InChI=1S/C21H22N2O2S/c1-12-6-5-7-13(2)20(12)23-21(22)26-11-16-10-19(24)25-18-9-15(4)14(3)8-17(16)18/h5-10H,11H2,1-4H3,(H2,22,23). The van der Waals surface area contributed by atoms with Gasteiger partial charge in [0.05, 0.1) is 5.69 Å². The molecule has 0 bridgehead atoms. The molecule has 0 unspecified atom stereocenters. The van der Waals surface area contributed by atoms with Gasteiger partial charge in [-0.25, -0.2) is 9.79 Å². The van der Waals surface area contributed by atoms with Crippen molar-refractivity contribution in [2.24, 2.45) is 10.7 Å². The number of para-hydroxylation sites is 1. The van der Waals surface area contributed by atoms with Gasteiger partial charge in [0.15, 0.2) is 5.17 Å². The fraction of sp³-hybridized carbons (Fsp3) is 0.238. The van der Waals surface area contributed by atoms with Crippen LogP contribution in [0.1, 0.15) is 27.8 Å². The summed E-state index contributed by atoms with van der Waals surface area (Å²) in [6, 6.07) is 11.6. The van der Waals surface area contributed by atoms with Gasteiger partial charge in [-0.3, -0.25) is 0 Å². The van der Waals surface area contributed by atoms with Crippen molar-refractivity contribution in [3.05, 3.63) is 74.6 Å². The van der Waals surface area contributed by atoms with Gasteiger partial charge < -0.3 is 10.2 Å². The molecule has 0 aliphatic rings. The second-order valence-corrected chi connectivity index (χ2v) is 7.50. The van der Waals surface area contributed by atoms with Gasteiger partial charge >= 0.3 is 5.63 Å². The monoisotopic (exact) mass is 366 g/mol. The van der Waals surface area contributed by atoms with Crippen LogP contribution in [0.2, 0.25) is 0 Å². The number of rotatable bonds is 3. The van der Waals surface area contributed by atoms with Crippen molar-refractivity contribution in [3.63, 3.8) is 0 Å². The number of amidine groups is 1. The zero-order valence-electron chi connectivity index (χ0n) is 15.4. The van der Waals surface area contributed by atoms with E-state index in [9.17, 15) is 4.79 Å². The van der Waals surface area contributed by atoms with Crippen LogP contribution in [0.3, 0.4) is 0 Å². The Balaban J connectivity index is 1.91. The second kappa shape index (κ2) is 7.38. The van der Waals surface area contributed by atoms with Crippen molar-refractivity contribution >= 4 is 33.6 Å². The summed E-state index contributed by atoms with van der Waals surface area (Å²) in [5.74, 6) is 0.560. The minimum atomic E-state index is -0.346. The third-order valence-corrected chi connectivity index (χ3v) is 5.32. The zero-order valence-corrected chi connectivity index (χ0v) is 16.2. The molecule has 0 amide bonds.